The maximum absolute atomic E-state index is 12.7. The maximum atomic E-state index is 12.7. The largest absolute Gasteiger partial charge is 0.457 e. The van der Waals surface area contributed by atoms with Crippen molar-refractivity contribution in [2.45, 2.75) is 6.61 Å². The van der Waals surface area contributed by atoms with Crippen molar-refractivity contribution in [3.63, 3.8) is 0 Å². The van der Waals surface area contributed by atoms with Crippen LogP contribution < -0.4 is 11.2 Å². The molecule has 0 aliphatic heterocycles. The van der Waals surface area contributed by atoms with Crippen LogP contribution in [0.2, 0.25) is 0 Å². The SMILES string of the molecule is O=C(OCc1ccccc1)c1cc2c(=O)n(-c3ccncc3)c(=O)[nH]c2s1. The Balaban J connectivity index is 1.68. The highest BCUT2D eigenvalue weighted by atomic mass is 32.1. The van der Waals surface area contributed by atoms with Crippen LogP contribution in [0.1, 0.15) is 15.2 Å². The van der Waals surface area contributed by atoms with Gasteiger partial charge in [0.05, 0.1) is 11.1 Å². The van der Waals surface area contributed by atoms with E-state index in [-0.39, 0.29) is 16.9 Å². The van der Waals surface area contributed by atoms with Gasteiger partial charge in [-0.05, 0) is 23.8 Å². The zero-order valence-corrected chi connectivity index (χ0v) is 14.7. The number of carbonyl (C=O) groups is 1. The first-order valence-electron chi connectivity index (χ1n) is 8.04. The molecule has 0 saturated carbocycles. The van der Waals surface area contributed by atoms with E-state index in [4.69, 9.17) is 4.74 Å². The summed E-state index contributed by atoms with van der Waals surface area (Å²) in [6.07, 6.45) is 2.98. The molecule has 0 bridgehead atoms. The minimum atomic E-state index is -0.579. The Hall–Kier alpha value is -3.52. The van der Waals surface area contributed by atoms with Gasteiger partial charge in [0.25, 0.3) is 5.56 Å². The fraction of sp³-hybridized carbons (Fsp3) is 0.0526. The zero-order chi connectivity index (χ0) is 18.8. The summed E-state index contributed by atoms with van der Waals surface area (Å²) in [5.74, 6) is -0.546. The first-order valence-corrected chi connectivity index (χ1v) is 8.85. The van der Waals surface area contributed by atoms with Crippen LogP contribution in [0, 0.1) is 0 Å². The van der Waals surface area contributed by atoms with Crippen molar-refractivity contribution in [3.8, 4) is 5.69 Å². The smallest absolute Gasteiger partial charge is 0.348 e. The summed E-state index contributed by atoms with van der Waals surface area (Å²) in [6, 6.07) is 13.9. The second-order valence-electron chi connectivity index (χ2n) is 5.69. The molecule has 0 fully saturated rings. The molecule has 3 aromatic heterocycles. The number of carbonyl (C=O) groups excluding carboxylic acids is 1. The lowest BCUT2D eigenvalue weighted by Crippen LogP contribution is -2.33. The van der Waals surface area contributed by atoms with E-state index in [0.717, 1.165) is 21.5 Å². The number of H-pyrrole nitrogens is 1. The Labute approximate surface area is 156 Å². The fourth-order valence-electron chi connectivity index (χ4n) is 2.63. The molecular weight excluding hydrogens is 366 g/mol. The van der Waals surface area contributed by atoms with Crippen molar-refractivity contribution in [1.29, 1.82) is 0 Å². The Morgan fingerprint density at radius 2 is 1.85 bits per heavy atom. The van der Waals surface area contributed by atoms with Gasteiger partial charge in [-0.3, -0.25) is 14.8 Å². The molecule has 0 spiro atoms. The summed E-state index contributed by atoms with van der Waals surface area (Å²) in [4.78, 5) is 44.5. The van der Waals surface area contributed by atoms with Gasteiger partial charge in [-0.1, -0.05) is 30.3 Å². The van der Waals surface area contributed by atoms with Gasteiger partial charge in [0, 0.05) is 12.4 Å². The van der Waals surface area contributed by atoms with Crippen molar-refractivity contribution in [2.75, 3.05) is 0 Å². The Morgan fingerprint density at radius 1 is 1.11 bits per heavy atom. The van der Waals surface area contributed by atoms with E-state index >= 15 is 0 Å². The third kappa shape index (κ3) is 3.30. The minimum absolute atomic E-state index is 0.131. The number of aromatic nitrogens is 3. The molecule has 27 heavy (non-hydrogen) atoms. The summed E-state index contributed by atoms with van der Waals surface area (Å²) in [5, 5.41) is 0.253. The van der Waals surface area contributed by atoms with Gasteiger partial charge in [-0.25, -0.2) is 14.2 Å². The number of ether oxygens (including phenoxy) is 1. The highest BCUT2D eigenvalue weighted by Gasteiger charge is 2.17. The average Bonchev–Trinajstić information content (AvgIpc) is 3.12. The zero-order valence-electron chi connectivity index (χ0n) is 13.9. The number of nitrogens with zero attached hydrogens (tertiary/aromatic N) is 2. The van der Waals surface area contributed by atoms with Gasteiger partial charge >= 0.3 is 11.7 Å². The monoisotopic (exact) mass is 379 g/mol. The number of hydrogen-bond acceptors (Lipinski definition) is 6. The lowest BCUT2D eigenvalue weighted by molar-refractivity contribution is 0.0478. The van der Waals surface area contributed by atoms with Crippen LogP contribution in [-0.4, -0.2) is 20.5 Å². The van der Waals surface area contributed by atoms with Gasteiger partial charge in [0.1, 0.15) is 16.3 Å². The van der Waals surface area contributed by atoms with Gasteiger partial charge in [0.15, 0.2) is 0 Å². The predicted molar refractivity (Wildman–Crippen MR) is 101 cm³/mol. The molecule has 7 nitrogen and oxygen atoms in total. The average molecular weight is 379 g/mol. The third-order valence-electron chi connectivity index (χ3n) is 3.92. The molecule has 4 rings (SSSR count). The van der Waals surface area contributed by atoms with Crippen LogP contribution in [-0.2, 0) is 11.3 Å². The van der Waals surface area contributed by atoms with E-state index in [9.17, 15) is 14.4 Å². The van der Waals surface area contributed by atoms with Crippen LogP contribution in [0.5, 0.6) is 0 Å². The number of fused-ring (bicyclic) bond motifs is 1. The van der Waals surface area contributed by atoms with Gasteiger partial charge in [-0.15, -0.1) is 11.3 Å². The number of thiophene rings is 1. The number of aromatic amines is 1. The summed E-state index contributed by atoms with van der Waals surface area (Å²) in [7, 11) is 0. The Bertz CT molecular complexity index is 1230. The highest BCUT2D eigenvalue weighted by molar-refractivity contribution is 7.20. The van der Waals surface area contributed by atoms with Crippen LogP contribution in [0.3, 0.4) is 0 Å². The predicted octanol–water partition coefficient (Wildman–Crippen LogP) is 2.49. The standard InChI is InChI=1S/C19H13N3O4S/c23-17-14-10-15(18(24)26-11-12-4-2-1-3-5-12)27-16(14)21-19(25)22(17)13-6-8-20-9-7-13/h1-10H,11H2,(H,21,25). The van der Waals surface area contributed by atoms with Gasteiger partial charge in [-0.2, -0.15) is 0 Å². The summed E-state index contributed by atoms with van der Waals surface area (Å²) >= 11 is 1.02. The molecule has 8 heteroatoms. The molecule has 0 radical (unpaired) electrons. The van der Waals surface area contributed by atoms with Crippen molar-refractivity contribution in [1.82, 2.24) is 14.5 Å². The normalized spacial score (nSPS) is 10.8. The van der Waals surface area contributed by atoms with Crippen LogP contribution >= 0.6 is 11.3 Å². The number of hydrogen-bond donors (Lipinski definition) is 1. The van der Waals surface area contributed by atoms with Crippen LogP contribution in [0.25, 0.3) is 15.9 Å². The summed E-state index contributed by atoms with van der Waals surface area (Å²) < 4.78 is 6.30. The van der Waals surface area contributed by atoms with Crippen molar-refractivity contribution < 1.29 is 9.53 Å². The molecule has 0 aliphatic rings. The summed E-state index contributed by atoms with van der Waals surface area (Å²) in [6.45, 7) is 0.131. The number of nitrogens with one attached hydrogen (secondary N) is 1. The maximum Gasteiger partial charge on any atom is 0.348 e. The van der Waals surface area contributed by atoms with Crippen LogP contribution in [0.15, 0.2) is 70.5 Å². The molecule has 0 unspecified atom stereocenters. The Morgan fingerprint density at radius 3 is 2.59 bits per heavy atom. The number of pyridine rings is 1. The van der Waals surface area contributed by atoms with E-state index in [2.05, 4.69) is 9.97 Å². The fourth-order valence-corrected chi connectivity index (χ4v) is 3.56. The first kappa shape index (κ1) is 16.9. The minimum Gasteiger partial charge on any atom is -0.457 e. The molecule has 3 heterocycles. The first-order chi connectivity index (χ1) is 13.1. The highest BCUT2D eigenvalue weighted by Crippen LogP contribution is 2.22. The molecule has 0 atom stereocenters. The Kier molecular flexibility index (Phi) is 4.39. The number of esters is 1. The molecular formula is C19H13N3O4S. The summed E-state index contributed by atoms with van der Waals surface area (Å²) in [5.41, 5.74) is 0.182. The molecule has 0 saturated heterocycles. The number of benzene rings is 1. The molecule has 0 aliphatic carbocycles. The number of rotatable bonds is 4. The third-order valence-corrected chi connectivity index (χ3v) is 4.95. The molecule has 4 aromatic rings. The van der Waals surface area contributed by atoms with E-state index in [1.54, 1.807) is 12.1 Å². The molecule has 1 N–H and O–H groups in total. The van der Waals surface area contributed by atoms with E-state index in [1.165, 1.54) is 18.5 Å². The second kappa shape index (κ2) is 7.00. The van der Waals surface area contributed by atoms with E-state index in [0.29, 0.717) is 10.5 Å². The molecule has 0 amide bonds. The lowest BCUT2D eigenvalue weighted by Gasteiger charge is -2.03. The van der Waals surface area contributed by atoms with Gasteiger partial charge < -0.3 is 4.74 Å². The van der Waals surface area contributed by atoms with E-state index in [1.807, 2.05) is 30.3 Å². The molecule has 1 aromatic carbocycles. The quantitative estimate of drug-likeness (QED) is 0.550. The van der Waals surface area contributed by atoms with Crippen LogP contribution in [0.4, 0.5) is 0 Å². The van der Waals surface area contributed by atoms with Crippen molar-refractivity contribution >= 4 is 27.5 Å². The topological polar surface area (TPSA) is 94.1 Å². The van der Waals surface area contributed by atoms with Crippen molar-refractivity contribution in [3.05, 3.63) is 92.2 Å². The van der Waals surface area contributed by atoms with E-state index < -0.39 is 17.2 Å². The lowest BCUT2D eigenvalue weighted by atomic mass is 10.2. The van der Waals surface area contributed by atoms with Crippen molar-refractivity contribution in [2.24, 2.45) is 0 Å². The molecule has 134 valence electrons. The second-order valence-corrected chi connectivity index (χ2v) is 6.74. The van der Waals surface area contributed by atoms with Gasteiger partial charge in [0.2, 0.25) is 0 Å².